The lowest BCUT2D eigenvalue weighted by Crippen LogP contribution is -2.41. The van der Waals surface area contributed by atoms with E-state index in [4.69, 9.17) is 11.6 Å². The monoisotopic (exact) mass is 443 g/mol. The maximum Gasteiger partial charge on any atom is 0.244 e. The van der Waals surface area contributed by atoms with Gasteiger partial charge in [0.1, 0.15) is 4.90 Å². The van der Waals surface area contributed by atoms with Gasteiger partial charge in [0.2, 0.25) is 10.0 Å². The number of nitrogens with zero attached hydrogens (tertiary/aromatic N) is 1. The maximum absolute atomic E-state index is 12.8. The second-order valence-corrected chi connectivity index (χ2v) is 8.68. The Labute approximate surface area is 142 Å². The summed E-state index contributed by atoms with van der Waals surface area (Å²) in [7, 11) is -3.54. The maximum atomic E-state index is 12.8. The molecule has 0 amide bonds. The number of alkyl halides is 1. The zero-order valence-electron chi connectivity index (χ0n) is 10.9. The molecule has 0 aromatic heterocycles. The van der Waals surface area contributed by atoms with Crippen molar-refractivity contribution in [1.82, 2.24) is 4.31 Å². The second-order valence-electron chi connectivity index (χ2n) is 4.85. The number of halogens is 3. The van der Waals surface area contributed by atoms with Crippen LogP contribution in [-0.4, -0.2) is 30.6 Å². The second kappa shape index (κ2) is 7.09. The van der Waals surface area contributed by atoms with Gasteiger partial charge in [-0.25, -0.2) is 8.42 Å². The molecule has 0 aliphatic carbocycles. The molecular formula is C13H16Br2ClNO2S. The number of hydrogen-bond donors (Lipinski definition) is 0. The summed E-state index contributed by atoms with van der Waals surface area (Å²) < 4.78 is 28.1. The first-order valence-electron chi connectivity index (χ1n) is 6.49. The van der Waals surface area contributed by atoms with Crippen molar-refractivity contribution < 1.29 is 8.42 Å². The van der Waals surface area contributed by atoms with E-state index in [9.17, 15) is 8.42 Å². The molecule has 1 aromatic rings. The minimum atomic E-state index is -3.54. The molecule has 7 heteroatoms. The lowest BCUT2D eigenvalue weighted by molar-refractivity contribution is 0.347. The van der Waals surface area contributed by atoms with Gasteiger partial charge in [-0.1, -0.05) is 56.3 Å². The van der Waals surface area contributed by atoms with Crippen molar-refractivity contribution in [3.05, 3.63) is 27.7 Å². The standard InChI is InChI=1S/C13H16Br2ClNO2S/c14-9-11-4-2-1-3-7-17(11)20(18,19)13-6-5-10(15)8-12(13)16/h5-6,8,11H,1-4,7,9H2. The number of sulfonamides is 1. The Morgan fingerprint density at radius 3 is 2.70 bits per heavy atom. The van der Waals surface area contributed by atoms with Gasteiger partial charge < -0.3 is 0 Å². The first-order valence-corrected chi connectivity index (χ1v) is 10.2. The minimum absolute atomic E-state index is 0.00205. The lowest BCUT2D eigenvalue weighted by Gasteiger charge is -2.28. The smallest absolute Gasteiger partial charge is 0.207 e. The van der Waals surface area contributed by atoms with Crippen molar-refractivity contribution >= 4 is 53.5 Å². The highest BCUT2D eigenvalue weighted by atomic mass is 79.9. The van der Waals surface area contributed by atoms with E-state index < -0.39 is 10.0 Å². The zero-order chi connectivity index (χ0) is 14.8. The molecule has 1 atom stereocenters. The summed E-state index contributed by atoms with van der Waals surface area (Å²) in [5.74, 6) is 0. The molecule has 3 nitrogen and oxygen atoms in total. The molecule has 0 bridgehead atoms. The summed E-state index contributed by atoms with van der Waals surface area (Å²) in [6.45, 7) is 0.561. The Morgan fingerprint density at radius 2 is 2.05 bits per heavy atom. The first-order chi connectivity index (χ1) is 9.46. The van der Waals surface area contributed by atoms with Crippen LogP contribution in [0.15, 0.2) is 27.6 Å². The van der Waals surface area contributed by atoms with Gasteiger partial charge in [-0.15, -0.1) is 0 Å². The first kappa shape index (κ1) is 16.7. The van der Waals surface area contributed by atoms with Crippen LogP contribution in [0.1, 0.15) is 25.7 Å². The summed E-state index contributed by atoms with van der Waals surface area (Å²) in [6.07, 6.45) is 3.93. The molecular weight excluding hydrogens is 429 g/mol. The fourth-order valence-electron chi connectivity index (χ4n) is 2.43. The van der Waals surface area contributed by atoms with E-state index in [0.717, 1.165) is 30.2 Å². The van der Waals surface area contributed by atoms with E-state index in [1.54, 1.807) is 22.5 Å². The molecule has 1 saturated heterocycles. The van der Waals surface area contributed by atoms with Gasteiger partial charge in [0.15, 0.2) is 0 Å². The van der Waals surface area contributed by atoms with E-state index in [-0.39, 0.29) is 16.0 Å². The third-order valence-corrected chi connectivity index (χ3v) is 7.16. The number of hydrogen-bond acceptors (Lipinski definition) is 2. The van der Waals surface area contributed by atoms with Crippen molar-refractivity contribution in [3.8, 4) is 0 Å². The predicted octanol–water partition coefficient (Wildman–Crippen LogP) is 4.43. The Morgan fingerprint density at radius 1 is 1.30 bits per heavy atom. The van der Waals surface area contributed by atoms with Crippen LogP contribution in [0, 0.1) is 0 Å². The third-order valence-electron chi connectivity index (χ3n) is 3.48. The molecule has 112 valence electrons. The van der Waals surface area contributed by atoms with Crippen molar-refractivity contribution in [3.63, 3.8) is 0 Å². The van der Waals surface area contributed by atoms with Crippen LogP contribution >= 0.6 is 43.5 Å². The summed E-state index contributed by atoms with van der Waals surface area (Å²) in [5.41, 5.74) is 0. The van der Waals surface area contributed by atoms with Crippen LogP contribution in [0.3, 0.4) is 0 Å². The molecule has 20 heavy (non-hydrogen) atoms. The average Bonchev–Trinajstić information content (AvgIpc) is 2.63. The van der Waals surface area contributed by atoms with Gasteiger partial charge in [0.25, 0.3) is 0 Å². The molecule has 1 heterocycles. The number of benzene rings is 1. The van der Waals surface area contributed by atoms with Gasteiger partial charge in [0.05, 0.1) is 5.02 Å². The molecule has 1 aliphatic heterocycles. The Hall–Kier alpha value is 0.380. The largest absolute Gasteiger partial charge is 0.244 e. The van der Waals surface area contributed by atoms with Gasteiger partial charge in [-0.2, -0.15) is 4.31 Å². The quantitative estimate of drug-likeness (QED) is 0.646. The molecule has 0 radical (unpaired) electrons. The lowest BCUT2D eigenvalue weighted by atomic mass is 10.1. The Bertz CT molecular complexity index is 580. The van der Waals surface area contributed by atoms with Crippen LogP contribution in [0.25, 0.3) is 0 Å². The topological polar surface area (TPSA) is 37.4 Å². The van der Waals surface area contributed by atoms with Crippen LogP contribution in [-0.2, 0) is 10.0 Å². The predicted molar refractivity (Wildman–Crippen MR) is 89.1 cm³/mol. The fourth-order valence-corrected chi connectivity index (χ4v) is 6.00. The molecule has 0 saturated carbocycles. The number of rotatable bonds is 3. The van der Waals surface area contributed by atoms with Gasteiger partial charge in [0, 0.05) is 22.4 Å². The van der Waals surface area contributed by atoms with E-state index in [1.165, 1.54) is 0 Å². The van der Waals surface area contributed by atoms with Crippen LogP contribution in [0.2, 0.25) is 5.02 Å². The molecule has 1 aromatic carbocycles. The highest BCUT2D eigenvalue weighted by Gasteiger charge is 2.33. The third kappa shape index (κ3) is 3.58. The highest BCUT2D eigenvalue weighted by Crippen LogP contribution is 2.31. The van der Waals surface area contributed by atoms with Gasteiger partial charge >= 0.3 is 0 Å². The molecule has 0 N–H and O–H groups in total. The molecule has 1 unspecified atom stereocenters. The van der Waals surface area contributed by atoms with Crippen molar-refractivity contribution in [2.24, 2.45) is 0 Å². The molecule has 0 spiro atoms. The van der Waals surface area contributed by atoms with E-state index >= 15 is 0 Å². The summed E-state index contributed by atoms with van der Waals surface area (Å²) in [6, 6.07) is 4.90. The highest BCUT2D eigenvalue weighted by molar-refractivity contribution is 9.10. The molecule has 1 aliphatic rings. The molecule has 2 rings (SSSR count). The summed E-state index contributed by atoms with van der Waals surface area (Å²) in [5, 5.41) is 0.914. The molecule has 1 fully saturated rings. The Balaban J connectivity index is 2.41. The van der Waals surface area contributed by atoms with Crippen molar-refractivity contribution in [2.75, 3.05) is 11.9 Å². The zero-order valence-corrected chi connectivity index (χ0v) is 15.6. The van der Waals surface area contributed by atoms with Gasteiger partial charge in [-0.3, -0.25) is 0 Å². The normalized spacial score (nSPS) is 21.6. The van der Waals surface area contributed by atoms with Crippen LogP contribution in [0.4, 0.5) is 0 Å². The Kier molecular flexibility index (Phi) is 5.94. The van der Waals surface area contributed by atoms with Gasteiger partial charge in [-0.05, 0) is 31.0 Å². The average molecular weight is 446 g/mol. The van der Waals surface area contributed by atoms with E-state index in [1.807, 2.05) is 0 Å². The minimum Gasteiger partial charge on any atom is -0.207 e. The van der Waals surface area contributed by atoms with Crippen molar-refractivity contribution in [2.45, 2.75) is 36.6 Å². The van der Waals surface area contributed by atoms with Crippen LogP contribution < -0.4 is 0 Å². The summed E-state index contributed by atoms with van der Waals surface area (Å²) >= 11 is 12.8. The fraction of sp³-hybridized carbons (Fsp3) is 0.538. The SMILES string of the molecule is O=S(=O)(c1ccc(Br)cc1Cl)N1CCCCCC1CBr. The van der Waals surface area contributed by atoms with E-state index in [0.29, 0.717) is 11.9 Å². The van der Waals surface area contributed by atoms with Crippen molar-refractivity contribution in [1.29, 1.82) is 0 Å². The van der Waals surface area contributed by atoms with Crippen LogP contribution in [0.5, 0.6) is 0 Å². The summed E-state index contributed by atoms with van der Waals surface area (Å²) in [4.78, 5) is 0.190. The van der Waals surface area contributed by atoms with E-state index in [2.05, 4.69) is 31.9 Å².